The van der Waals surface area contributed by atoms with Crippen molar-refractivity contribution < 1.29 is 9.53 Å². The van der Waals surface area contributed by atoms with Crippen LogP contribution in [0.2, 0.25) is 0 Å². The van der Waals surface area contributed by atoms with Gasteiger partial charge in [0.1, 0.15) is 5.82 Å². The molecule has 5 nitrogen and oxygen atoms in total. The molecule has 0 amide bonds. The minimum absolute atomic E-state index is 0.306. The van der Waals surface area contributed by atoms with Crippen molar-refractivity contribution in [1.29, 1.82) is 0 Å². The minimum Gasteiger partial charge on any atom is -0.465 e. The van der Waals surface area contributed by atoms with Gasteiger partial charge in [-0.05, 0) is 25.3 Å². The van der Waals surface area contributed by atoms with Gasteiger partial charge in [0, 0.05) is 12.2 Å². The van der Waals surface area contributed by atoms with Crippen LogP contribution in [-0.2, 0) is 4.74 Å². The Morgan fingerprint density at radius 2 is 2.39 bits per heavy atom. The van der Waals surface area contributed by atoms with Crippen molar-refractivity contribution in [2.75, 3.05) is 18.2 Å². The van der Waals surface area contributed by atoms with Crippen LogP contribution in [0.1, 0.15) is 36.5 Å². The third-order valence-electron chi connectivity index (χ3n) is 3.16. The van der Waals surface area contributed by atoms with Crippen molar-refractivity contribution in [2.24, 2.45) is 5.92 Å². The second-order valence-corrected chi connectivity index (χ2v) is 4.84. The van der Waals surface area contributed by atoms with E-state index in [1.807, 2.05) is 0 Å². The molecular formula is C13H19N3O2. The van der Waals surface area contributed by atoms with Gasteiger partial charge in [-0.1, -0.05) is 12.8 Å². The Hall–Kier alpha value is -1.78. The smallest absolute Gasteiger partial charge is 0.340 e. The number of nitrogen functional groups attached to an aromatic ring is 1. The number of carbonyl (C=O) groups is 1. The number of hydrogen-bond acceptors (Lipinski definition) is 5. The van der Waals surface area contributed by atoms with Crippen LogP contribution in [0.3, 0.4) is 0 Å². The van der Waals surface area contributed by atoms with Gasteiger partial charge in [-0.25, -0.2) is 9.78 Å². The predicted molar refractivity (Wildman–Crippen MR) is 70.4 cm³/mol. The Labute approximate surface area is 107 Å². The van der Waals surface area contributed by atoms with Gasteiger partial charge in [-0.3, -0.25) is 0 Å². The number of pyridine rings is 1. The lowest BCUT2D eigenvalue weighted by Crippen LogP contribution is -2.19. The van der Waals surface area contributed by atoms with Crippen LogP contribution >= 0.6 is 0 Å². The average Bonchev–Trinajstić information content (AvgIpc) is 3.14. The SMILES string of the molecule is COC(=O)c1ccnc(NC(C)CC2CC2)c1N. The number of carbonyl (C=O) groups excluding carboxylic acids is 1. The Morgan fingerprint density at radius 3 is 3.00 bits per heavy atom. The third kappa shape index (κ3) is 2.91. The number of ether oxygens (including phenoxy) is 1. The van der Waals surface area contributed by atoms with Crippen molar-refractivity contribution >= 4 is 17.5 Å². The van der Waals surface area contributed by atoms with Crippen LogP contribution in [0.4, 0.5) is 11.5 Å². The summed E-state index contributed by atoms with van der Waals surface area (Å²) in [6, 6.07) is 1.87. The first kappa shape index (κ1) is 12.7. The first-order valence-corrected chi connectivity index (χ1v) is 6.21. The molecule has 0 aromatic carbocycles. The average molecular weight is 249 g/mol. The number of nitrogens with two attached hydrogens (primary N) is 1. The number of esters is 1. The highest BCUT2D eigenvalue weighted by Crippen LogP contribution is 2.34. The molecule has 1 heterocycles. The molecule has 1 unspecified atom stereocenters. The summed E-state index contributed by atoms with van der Waals surface area (Å²) in [4.78, 5) is 15.7. The second kappa shape index (κ2) is 5.25. The van der Waals surface area contributed by atoms with Gasteiger partial charge >= 0.3 is 5.97 Å². The second-order valence-electron chi connectivity index (χ2n) is 4.84. The van der Waals surface area contributed by atoms with Gasteiger partial charge in [0.25, 0.3) is 0 Å². The number of nitrogens with zero attached hydrogens (tertiary/aromatic N) is 1. The van der Waals surface area contributed by atoms with E-state index < -0.39 is 5.97 Å². The van der Waals surface area contributed by atoms with E-state index in [4.69, 9.17) is 5.73 Å². The van der Waals surface area contributed by atoms with E-state index in [9.17, 15) is 4.79 Å². The fourth-order valence-electron chi connectivity index (χ4n) is 2.02. The predicted octanol–water partition coefficient (Wildman–Crippen LogP) is 2.05. The summed E-state index contributed by atoms with van der Waals surface area (Å²) in [5.41, 5.74) is 6.64. The molecule has 0 saturated heterocycles. The molecule has 18 heavy (non-hydrogen) atoms. The molecule has 0 bridgehead atoms. The van der Waals surface area contributed by atoms with Crippen LogP contribution in [0.15, 0.2) is 12.3 Å². The number of hydrogen-bond donors (Lipinski definition) is 2. The van der Waals surface area contributed by atoms with Crippen molar-refractivity contribution in [3.63, 3.8) is 0 Å². The fraction of sp³-hybridized carbons (Fsp3) is 0.538. The van der Waals surface area contributed by atoms with Crippen molar-refractivity contribution in [2.45, 2.75) is 32.2 Å². The summed E-state index contributed by atoms with van der Waals surface area (Å²) < 4.78 is 4.68. The topological polar surface area (TPSA) is 77.2 Å². The first-order chi connectivity index (χ1) is 8.61. The lowest BCUT2D eigenvalue weighted by atomic mass is 10.1. The third-order valence-corrected chi connectivity index (χ3v) is 3.16. The maximum absolute atomic E-state index is 11.5. The Balaban J connectivity index is 2.09. The normalized spacial score (nSPS) is 16.1. The molecule has 0 spiro atoms. The molecule has 1 fully saturated rings. The molecule has 1 aromatic heterocycles. The Kier molecular flexibility index (Phi) is 3.69. The van der Waals surface area contributed by atoms with Crippen molar-refractivity contribution in [1.82, 2.24) is 4.98 Å². The lowest BCUT2D eigenvalue weighted by molar-refractivity contribution is 0.0602. The number of anilines is 2. The van der Waals surface area contributed by atoms with E-state index in [0.717, 1.165) is 12.3 Å². The van der Waals surface area contributed by atoms with E-state index in [0.29, 0.717) is 23.1 Å². The van der Waals surface area contributed by atoms with Gasteiger partial charge in [0.15, 0.2) is 0 Å². The number of rotatable bonds is 5. The minimum atomic E-state index is -0.437. The monoisotopic (exact) mass is 249 g/mol. The summed E-state index contributed by atoms with van der Waals surface area (Å²) in [6.45, 7) is 2.10. The molecule has 1 aromatic rings. The summed E-state index contributed by atoms with van der Waals surface area (Å²) >= 11 is 0. The molecule has 0 radical (unpaired) electrons. The molecule has 1 saturated carbocycles. The summed E-state index contributed by atoms with van der Waals surface area (Å²) in [7, 11) is 1.34. The molecule has 0 aliphatic heterocycles. The quantitative estimate of drug-likeness (QED) is 0.781. The molecule has 3 N–H and O–H groups in total. The van der Waals surface area contributed by atoms with Gasteiger partial charge in [-0.2, -0.15) is 0 Å². The maximum atomic E-state index is 11.5. The molecule has 1 aliphatic rings. The van der Waals surface area contributed by atoms with Crippen LogP contribution in [0, 0.1) is 5.92 Å². The molecule has 98 valence electrons. The van der Waals surface area contributed by atoms with E-state index in [-0.39, 0.29) is 0 Å². The highest BCUT2D eigenvalue weighted by atomic mass is 16.5. The van der Waals surface area contributed by atoms with Crippen LogP contribution in [-0.4, -0.2) is 24.1 Å². The van der Waals surface area contributed by atoms with Crippen LogP contribution < -0.4 is 11.1 Å². The van der Waals surface area contributed by atoms with E-state index in [1.165, 1.54) is 20.0 Å². The molecular weight excluding hydrogens is 230 g/mol. The van der Waals surface area contributed by atoms with E-state index in [1.54, 1.807) is 12.3 Å². The van der Waals surface area contributed by atoms with Gasteiger partial charge in [0.05, 0.1) is 18.4 Å². The van der Waals surface area contributed by atoms with Crippen molar-refractivity contribution in [3.8, 4) is 0 Å². The zero-order valence-corrected chi connectivity index (χ0v) is 10.8. The number of aromatic nitrogens is 1. The zero-order chi connectivity index (χ0) is 13.1. The van der Waals surface area contributed by atoms with E-state index in [2.05, 4.69) is 22.0 Å². The summed E-state index contributed by atoms with van der Waals surface area (Å²) in [5.74, 6) is 0.955. The summed E-state index contributed by atoms with van der Waals surface area (Å²) in [6.07, 6.45) is 5.31. The molecule has 5 heteroatoms. The highest BCUT2D eigenvalue weighted by Gasteiger charge is 2.24. The lowest BCUT2D eigenvalue weighted by Gasteiger charge is -2.16. The largest absolute Gasteiger partial charge is 0.465 e. The maximum Gasteiger partial charge on any atom is 0.340 e. The summed E-state index contributed by atoms with van der Waals surface area (Å²) in [5, 5.41) is 3.26. The van der Waals surface area contributed by atoms with Gasteiger partial charge in [-0.15, -0.1) is 0 Å². The number of nitrogens with one attached hydrogen (secondary N) is 1. The number of methoxy groups -OCH3 is 1. The van der Waals surface area contributed by atoms with Crippen molar-refractivity contribution in [3.05, 3.63) is 17.8 Å². The van der Waals surface area contributed by atoms with Crippen LogP contribution in [0.5, 0.6) is 0 Å². The standard InChI is InChI=1S/C13H19N3O2/c1-8(7-9-3-4-9)16-12-11(14)10(5-6-15-12)13(17)18-2/h5-6,8-9H,3-4,7,14H2,1-2H3,(H,15,16). The first-order valence-electron chi connectivity index (χ1n) is 6.21. The van der Waals surface area contributed by atoms with Gasteiger partial charge < -0.3 is 15.8 Å². The Bertz CT molecular complexity index is 444. The van der Waals surface area contributed by atoms with Crippen LogP contribution in [0.25, 0.3) is 0 Å². The molecule has 2 rings (SSSR count). The fourth-order valence-corrected chi connectivity index (χ4v) is 2.02. The zero-order valence-electron chi connectivity index (χ0n) is 10.8. The van der Waals surface area contributed by atoms with E-state index >= 15 is 0 Å². The highest BCUT2D eigenvalue weighted by molar-refractivity contribution is 5.97. The Morgan fingerprint density at radius 1 is 1.67 bits per heavy atom. The molecule has 1 aliphatic carbocycles. The van der Waals surface area contributed by atoms with Gasteiger partial charge in [0.2, 0.25) is 0 Å². The molecule has 1 atom stereocenters.